The summed E-state index contributed by atoms with van der Waals surface area (Å²) in [6.45, 7) is 4.29. The number of thiophene rings is 1. The highest BCUT2D eigenvalue weighted by molar-refractivity contribution is 7.99. The second-order valence-electron chi connectivity index (χ2n) is 4.10. The fraction of sp³-hybridized carbons (Fsp3) is 0.583. The summed E-state index contributed by atoms with van der Waals surface area (Å²) in [5, 5.41) is 1.13. The smallest absolute Gasteiger partial charge is 0.350 e. The number of carbonyl (C=O) groups excluding carboxylic acids is 1. The van der Waals surface area contributed by atoms with Crippen LogP contribution in [0, 0.1) is 0 Å². The molecular weight excluding hydrogens is 268 g/mol. The van der Waals surface area contributed by atoms with Crippen molar-refractivity contribution in [2.45, 2.75) is 24.7 Å². The Morgan fingerprint density at radius 3 is 2.72 bits per heavy atom. The fourth-order valence-corrected chi connectivity index (χ4v) is 4.22. The Morgan fingerprint density at radius 2 is 2.17 bits per heavy atom. The van der Waals surface area contributed by atoms with Crippen molar-refractivity contribution in [3.05, 3.63) is 4.88 Å². The average molecular weight is 286 g/mol. The second-order valence-corrected chi connectivity index (χ2v) is 5.91. The third kappa shape index (κ3) is 2.44. The van der Waals surface area contributed by atoms with E-state index in [9.17, 15) is 4.79 Å². The van der Waals surface area contributed by atoms with Crippen LogP contribution in [-0.4, -0.2) is 31.9 Å². The van der Waals surface area contributed by atoms with Gasteiger partial charge in [-0.05, 0) is 26.0 Å². The Bertz CT molecular complexity index is 440. The number of thioether (sulfide) groups is 1. The molecule has 4 nitrogen and oxygen atoms in total. The number of hydrogen-bond acceptors (Lipinski definition) is 6. The summed E-state index contributed by atoms with van der Waals surface area (Å²) in [4.78, 5) is 15.7. The van der Waals surface area contributed by atoms with Gasteiger partial charge in [0.2, 0.25) is 0 Å². The van der Waals surface area contributed by atoms with Crippen LogP contribution < -0.4 is 10.6 Å². The van der Waals surface area contributed by atoms with E-state index < -0.39 is 0 Å². The third-order valence-electron chi connectivity index (χ3n) is 2.94. The lowest BCUT2D eigenvalue weighted by Crippen LogP contribution is -2.16. The molecule has 0 spiro atoms. The lowest BCUT2D eigenvalue weighted by molar-refractivity contribution is 0.0533. The number of esters is 1. The Hall–Kier alpha value is -0.880. The summed E-state index contributed by atoms with van der Waals surface area (Å²) in [6.07, 6.45) is 4.41. The van der Waals surface area contributed by atoms with E-state index in [0.29, 0.717) is 17.2 Å². The molecule has 18 heavy (non-hydrogen) atoms. The van der Waals surface area contributed by atoms with Gasteiger partial charge in [-0.15, -0.1) is 23.1 Å². The molecule has 1 fully saturated rings. The van der Waals surface area contributed by atoms with Gasteiger partial charge >= 0.3 is 5.97 Å². The molecule has 1 aromatic rings. The zero-order valence-corrected chi connectivity index (χ0v) is 12.3. The minimum absolute atomic E-state index is 0.305. The van der Waals surface area contributed by atoms with Gasteiger partial charge in [-0.1, -0.05) is 0 Å². The summed E-state index contributed by atoms with van der Waals surface area (Å²) in [7, 11) is 0. The van der Waals surface area contributed by atoms with Gasteiger partial charge in [0.1, 0.15) is 9.88 Å². The molecule has 0 atom stereocenters. The van der Waals surface area contributed by atoms with Crippen LogP contribution in [-0.2, 0) is 4.74 Å². The molecule has 1 aliphatic heterocycles. The Labute approximate surface area is 115 Å². The maximum absolute atomic E-state index is 11.8. The molecule has 100 valence electrons. The first-order valence-electron chi connectivity index (χ1n) is 6.07. The minimum atomic E-state index is -0.305. The normalized spacial score (nSPS) is 15.1. The van der Waals surface area contributed by atoms with Crippen molar-refractivity contribution in [2.75, 3.05) is 36.6 Å². The van der Waals surface area contributed by atoms with Gasteiger partial charge < -0.3 is 15.4 Å². The molecule has 2 rings (SSSR count). The van der Waals surface area contributed by atoms with Crippen LogP contribution in [0.25, 0.3) is 0 Å². The monoisotopic (exact) mass is 286 g/mol. The molecule has 2 N–H and O–H groups in total. The van der Waals surface area contributed by atoms with Crippen LogP contribution >= 0.6 is 23.1 Å². The maximum atomic E-state index is 11.8. The summed E-state index contributed by atoms with van der Waals surface area (Å²) in [6, 6.07) is 0. The van der Waals surface area contributed by atoms with Gasteiger partial charge in [0.15, 0.2) is 0 Å². The predicted molar refractivity (Wildman–Crippen MR) is 77.9 cm³/mol. The molecule has 2 heterocycles. The first-order chi connectivity index (χ1) is 8.69. The van der Waals surface area contributed by atoms with Gasteiger partial charge in [0, 0.05) is 13.1 Å². The van der Waals surface area contributed by atoms with Gasteiger partial charge in [0.25, 0.3) is 0 Å². The zero-order valence-electron chi connectivity index (χ0n) is 10.7. The Morgan fingerprint density at radius 1 is 1.50 bits per heavy atom. The van der Waals surface area contributed by atoms with E-state index in [0.717, 1.165) is 23.0 Å². The van der Waals surface area contributed by atoms with Crippen molar-refractivity contribution in [3.63, 3.8) is 0 Å². The van der Waals surface area contributed by atoms with E-state index in [1.165, 1.54) is 24.2 Å². The van der Waals surface area contributed by atoms with Crippen LogP contribution in [0.2, 0.25) is 0 Å². The zero-order chi connectivity index (χ0) is 13.1. The van der Waals surface area contributed by atoms with Crippen LogP contribution in [0.5, 0.6) is 0 Å². The quantitative estimate of drug-likeness (QED) is 0.681. The third-order valence-corrected chi connectivity index (χ3v) is 5.14. The summed E-state index contributed by atoms with van der Waals surface area (Å²) < 4.78 is 5.05. The molecule has 0 saturated carbocycles. The van der Waals surface area contributed by atoms with E-state index >= 15 is 0 Å². The van der Waals surface area contributed by atoms with E-state index in [2.05, 4.69) is 4.90 Å². The van der Waals surface area contributed by atoms with Gasteiger partial charge in [-0.2, -0.15) is 0 Å². The number of hydrogen-bond donors (Lipinski definition) is 1. The second kappa shape index (κ2) is 5.84. The van der Waals surface area contributed by atoms with Crippen LogP contribution in [0.15, 0.2) is 4.90 Å². The standard InChI is InChI=1S/C12H18N2O2S2/c1-3-16-12(15)10-8(13)9(17-2)11(18-10)14-6-4-5-7-14/h3-7,13H2,1-2H3. The Balaban J connectivity index is 2.34. The van der Waals surface area contributed by atoms with E-state index in [-0.39, 0.29) is 5.97 Å². The van der Waals surface area contributed by atoms with E-state index in [1.54, 1.807) is 18.7 Å². The molecule has 0 unspecified atom stereocenters. The number of nitrogens with zero attached hydrogens (tertiary/aromatic N) is 1. The minimum Gasteiger partial charge on any atom is -0.462 e. The molecule has 1 aliphatic rings. The largest absolute Gasteiger partial charge is 0.462 e. The number of nitrogens with two attached hydrogens (primary N) is 1. The molecule has 0 aliphatic carbocycles. The highest BCUT2D eigenvalue weighted by Crippen LogP contribution is 2.44. The highest BCUT2D eigenvalue weighted by atomic mass is 32.2. The van der Waals surface area contributed by atoms with Crippen molar-refractivity contribution in [2.24, 2.45) is 0 Å². The molecule has 0 amide bonds. The van der Waals surface area contributed by atoms with Gasteiger partial charge in [0.05, 0.1) is 17.2 Å². The van der Waals surface area contributed by atoms with Crippen molar-refractivity contribution in [1.82, 2.24) is 0 Å². The van der Waals surface area contributed by atoms with Crippen molar-refractivity contribution in [3.8, 4) is 0 Å². The first-order valence-corrected chi connectivity index (χ1v) is 8.11. The lowest BCUT2D eigenvalue weighted by atomic mass is 10.4. The SMILES string of the molecule is CCOC(=O)c1sc(N2CCCC2)c(SC)c1N. The maximum Gasteiger partial charge on any atom is 0.350 e. The van der Waals surface area contributed by atoms with E-state index in [1.807, 2.05) is 6.26 Å². The van der Waals surface area contributed by atoms with Crippen molar-refractivity contribution < 1.29 is 9.53 Å². The fourth-order valence-electron chi connectivity index (χ4n) is 2.09. The van der Waals surface area contributed by atoms with Crippen LogP contribution in [0.4, 0.5) is 10.7 Å². The number of nitrogen functional groups attached to an aromatic ring is 1. The van der Waals surface area contributed by atoms with Crippen molar-refractivity contribution >= 4 is 39.8 Å². The van der Waals surface area contributed by atoms with E-state index in [4.69, 9.17) is 10.5 Å². The molecule has 0 aromatic carbocycles. The van der Waals surface area contributed by atoms with Crippen LogP contribution in [0.1, 0.15) is 29.4 Å². The first kappa shape index (κ1) is 13.5. The highest BCUT2D eigenvalue weighted by Gasteiger charge is 2.25. The molecule has 6 heteroatoms. The summed E-state index contributed by atoms with van der Waals surface area (Å²) in [5.41, 5.74) is 6.65. The van der Waals surface area contributed by atoms with Gasteiger partial charge in [-0.25, -0.2) is 4.79 Å². The topological polar surface area (TPSA) is 55.6 Å². The molecular formula is C12H18N2O2S2. The summed E-state index contributed by atoms with van der Waals surface area (Å²) >= 11 is 3.06. The number of rotatable bonds is 4. The predicted octanol–water partition coefficient (Wildman–Crippen LogP) is 2.83. The molecule has 0 radical (unpaired) electrons. The number of ether oxygens (including phenoxy) is 1. The molecule has 0 bridgehead atoms. The van der Waals surface area contributed by atoms with Crippen molar-refractivity contribution in [1.29, 1.82) is 0 Å². The number of anilines is 2. The lowest BCUT2D eigenvalue weighted by Gasteiger charge is -2.16. The molecule has 1 aromatic heterocycles. The Kier molecular flexibility index (Phi) is 4.40. The average Bonchev–Trinajstić information content (AvgIpc) is 2.96. The van der Waals surface area contributed by atoms with Crippen LogP contribution in [0.3, 0.4) is 0 Å². The molecule has 1 saturated heterocycles. The summed E-state index contributed by atoms with van der Waals surface area (Å²) in [5.74, 6) is -0.305. The number of carbonyl (C=O) groups is 1. The van der Waals surface area contributed by atoms with Gasteiger partial charge in [-0.3, -0.25) is 0 Å².